The van der Waals surface area contributed by atoms with Crippen LogP contribution in [0.3, 0.4) is 0 Å². The number of hydrogen-bond acceptors (Lipinski definition) is 6. The number of carbonyl (C=O) groups is 2. The van der Waals surface area contributed by atoms with Gasteiger partial charge in [0.25, 0.3) is 0 Å². The Labute approximate surface area is 184 Å². The first-order chi connectivity index (χ1) is 15.1. The summed E-state index contributed by atoms with van der Waals surface area (Å²) < 4.78 is 31.7. The molecule has 0 unspecified atom stereocenters. The SMILES string of the molecule is O=C(O)C(F)(F)F.O=C(O)c1[nH]nnc1S[C@H]1CC[C@H](c2ccc3ncccc3c2)CC1. The van der Waals surface area contributed by atoms with Crippen molar-refractivity contribution in [1.29, 1.82) is 0 Å². The van der Waals surface area contributed by atoms with Gasteiger partial charge in [-0.2, -0.15) is 13.2 Å². The average Bonchev–Trinajstić information content (AvgIpc) is 3.22. The molecule has 1 saturated carbocycles. The Kier molecular flexibility index (Phi) is 7.33. The zero-order chi connectivity index (χ0) is 23.3. The van der Waals surface area contributed by atoms with Gasteiger partial charge in [-0.05, 0) is 55.4 Å². The van der Waals surface area contributed by atoms with Crippen LogP contribution in [-0.2, 0) is 4.79 Å². The van der Waals surface area contributed by atoms with Gasteiger partial charge >= 0.3 is 18.1 Å². The maximum atomic E-state index is 11.1. The third-order valence-corrected chi connectivity index (χ3v) is 6.34. The number of benzene rings is 1. The molecule has 8 nitrogen and oxygen atoms in total. The van der Waals surface area contributed by atoms with Gasteiger partial charge < -0.3 is 10.2 Å². The van der Waals surface area contributed by atoms with Crippen LogP contribution in [0.1, 0.15) is 47.7 Å². The number of pyridine rings is 1. The number of alkyl halides is 3. The number of carboxylic acids is 2. The predicted octanol–water partition coefficient (Wildman–Crippen LogP) is 4.50. The van der Waals surface area contributed by atoms with Crippen molar-refractivity contribution in [3.63, 3.8) is 0 Å². The first kappa shape index (κ1) is 23.5. The van der Waals surface area contributed by atoms with Crippen LogP contribution >= 0.6 is 11.8 Å². The molecule has 3 N–H and O–H groups in total. The zero-order valence-corrected chi connectivity index (χ0v) is 17.4. The fourth-order valence-corrected chi connectivity index (χ4v) is 4.62. The second-order valence-corrected chi connectivity index (χ2v) is 8.44. The van der Waals surface area contributed by atoms with Crippen molar-refractivity contribution in [3.8, 4) is 0 Å². The van der Waals surface area contributed by atoms with Crippen molar-refractivity contribution >= 4 is 34.6 Å². The number of fused-ring (bicyclic) bond motifs is 1. The van der Waals surface area contributed by atoms with Crippen LogP contribution in [-0.4, -0.2) is 54.0 Å². The highest BCUT2D eigenvalue weighted by molar-refractivity contribution is 7.99. The maximum Gasteiger partial charge on any atom is 0.490 e. The zero-order valence-electron chi connectivity index (χ0n) is 16.5. The molecule has 3 aromatic rings. The highest BCUT2D eigenvalue weighted by Gasteiger charge is 2.38. The van der Waals surface area contributed by atoms with Crippen LogP contribution in [0.25, 0.3) is 10.9 Å². The van der Waals surface area contributed by atoms with Crippen LogP contribution < -0.4 is 0 Å². The van der Waals surface area contributed by atoms with E-state index in [0.717, 1.165) is 31.2 Å². The highest BCUT2D eigenvalue weighted by atomic mass is 32.2. The summed E-state index contributed by atoms with van der Waals surface area (Å²) in [5.41, 5.74) is 2.49. The maximum absolute atomic E-state index is 11.1. The summed E-state index contributed by atoms with van der Waals surface area (Å²) >= 11 is 1.53. The largest absolute Gasteiger partial charge is 0.490 e. The molecule has 0 saturated heterocycles. The second-order valence-electron chi connectivity index (χ2n) is 7.15. The lowest BCUT2D eigenvalue weighted by Crippen LogP contribution is -2.21. The van der Waals surface area contributed by atoms with Crippen LogP contribution in [0.2, 0.25) is 0 Å². The molecule has 0 aliphatic heterocycles. The molecule has 0 radical (unpaired) electrons. The third kappa shape index (κ3) is 5.96. The van der Waals surface area contributed by atoms with Crippen LogP contribution in [0.4, 0.5) is 13.2 Å². The van der Waals surface area contributed by atoms with Gasteiger partial charge in [-0.1, -0.05) is 29.1 Å². The molecule has 0 spiro atoms. The van der Waals surface area contributed by atoms with E-state index in [1.807, 2.05) is 12.3 Å². The molecular weight excluding hydrogens is 449 g/mol. The molecule has 0 bridgehead atoms. The summed E-state index contributed by atoms with van der Waals surface area (Å²) in [7, 11) is 0. The summed E-state index contributed by atoms with van der Waals surface area (Å²) in [4.78, 5) is 24.4. The van der Waals surface area contributed by atoms with E-state index in [4.69, 9.17) is 15.0 Å². The number of H-pyrrole nitrogens is 1. The normalized spacial score (nSPS) is 18.6. The first-order valence-corrected chi connectivity index (χ1v) is 10.5. The number of rotatable bonds is 4. The lowest BCUT2D eigenvalue weighted by molar-refractivity contribution is -0.192. The minimum atomic E-state index is -5.08. The molecule has 1 aliphatic rings. The van der Waals surface area contributed by atoms with E-state index < -0.39 is 18.1 Å². The number of aromatic carboxylic acids is 1. The molecule has 2 heterocycles. The third-order valence-electron chi connectivity index (χ3n) is 5.02. The van der Waals surface area contributed by atoms with Gasteiger partial charge in [0.15, 0.2) is 10.7 Å². The van der Waals surface area contributed by atoms with E-state index in [1.165, 1.54) is 22.7 Å². The number of nitrogens with zero attached hydrogens (tertiary/aromatic N) is 3. The summed E-state index contributed by atoms with van der Waals surface area (Å²) in [5, 5.41) is 28.3. The van der Waals surface area contributed by atoms with Gasteiger partial charge in [0.05, 0.1) is 5.52 Å². The summed E-state index contributed by atoms with van der Waals surface area (Å²) in [6.45, 7) is 0. The van der Waals surface area contributed by atoms with Crippen molar-refractivity contribution in [2.45, 2.75) is 48.1 Å². The van der Waals surface area contributed by atoms with Gasteiger partial charge in [0, 0.05) is 16.8 Å². The molecule has 1 aromatic carbocycles. The van der Waals surface area contributed by atoms with Crippen LogP contribution in [0.15, 0.2) is 41.6 Å². The van der Waals surface area contributed by atoms with Crippen molar-refractivity contribution in [1.82, 2.24) is 20.4 Å². The van der Waals surface area contributed by atoms with Gasteiger partial charge in [-0.25, -0.2) is 9.59 Å². The van der Waals surface area contributed by atoms with E-state index in [9.17, 15) is 18.0 Å². The van der Waals surface area contributed by atoms with Gasteiger partial charge in [-0.15, -0.1) is 5.10 Å². The fourth-order valence-electron chi connectivity index (χ4n) is 3.46. The fraction of sp³-hybridized carbons (Fsp3) is 0.350. The van der Waals surface area contributed by atoms with Crippen molar-refractivity contribution < 1.29 is 33.0 Å². The number of halogens is 3. The van der Waals surface area contributed by atoms with Crippen molar-refractivity contribution in [2.24, 2.45) is 0 Å². The highest BCUT2D eigenvalue weighted by Crippen LogP contribution is 2.40. The van der Waals surface area contributed by atoms with Gasteiger partial charge in [0.2, 0.25) is 0 Å². The lowest BCUT2D eigenvalue weighted by atomic mass is 9.83. The molecule has 2 aromatic heterocycles. The van der Waals surface area contributed by atoms with E-state index in [2.05, 4.69) is 44.7 Å². The Morgan fingerprint density at radius 2 is 1.78 bits per heavy atom. The molecule has 1 aliphatic carbocycles. The molecule has 32 heavy (non-hydrogen) atoms. The number of nitrogens with one attached hydrogen (secondary N) is 1. The molecule has 4 rings (SSSR count). The lowest BCUT2D eigenvalue weighted by Gasteiger charge is -2.28. The Morgan fingerprint density at radius 3 is 2.41 bits per heavy atom. The Morgan fingerprint density at radius 1 is 1.09 bits per heavy atom. The number of thioether (sulfide) groups is 1. The van der Waals surface area contributed by atoms with E-state index in [1.54, 1.807) is 0 Å². The van der Waals surface area contributed by atoms with E-state index >= 15 is 0 Å². The van der Waals surface area contributed by atoms with Crippen LogP contribution in [0, 0.1) is 0 Å². The minimum absolute atomic E-state index is 0.0918. The Bertz CT molecular complexity index is 1100. The number of aliphatic carboxylic acids is 1. The smallest absolute Gasteiger partial charge is 0.476 e. The monoisotopic (exact) mass is 468 g/mol. The summed E-state index contributed by atoms with van der Waals surface area (Å²) in [6, 6.07) is 10.6. The van der Waals surface area contributed by atoms with Crippen LogP contribution in [0.5, 0.6) is 0 Å². The van der Waals surface area contributed by atoms with E-state index in [0.29, 0.717) is 16.2 Å². The number of aromatic nitrogens is 4. The molecular formula is C20H19F3N4O4S. The molecule has 12 heteroatoms. The molecule has 0 amide bonds. The quantitative estimate of drug-likeness (QED) is 0.510. The van der Waals surface area contributed by atoms with E-state index in [-0.39, 0.29) is 5.69 Å². The molecule has 1 fully saturated rings. The summed E-state index contributed by atoms with van der Waals surface area (Å²) in [5.74, 6) is -3.21. The number of hydrogen-bond donors (Lipinski definition) is 3. The first-order valence-electron chi connectivity index (χ1n) is 9.61. The second kappa shape index (κ2) is 9.98. The van der Waals surface area contributed by atoms with Crippen molar-refractivity contribution in [2.75, 3.05) is 0 Å². The molecule has 0 atom stereocenters. The predicted molar refractivity (Wildman–Crippen MR) is 110 cm³/mol. The average molecular weight is 468 g/mol. The Balaban J connectivity index is 0.000000360. The minimum Gasteiger partial charge on any atom is -0.476 e. The van der Waals surface area contributed by atoms with Crippen molar-refractivity contribution in [3.05, 3.63) is 47.8 Å². The summed E-state index contributed by atoms with van der Waals surface area (Å²) in [6.07, 6.45) is 1.03. The number of aromatic amines is 1. The van der Waals surface area contributed by atoms with Gasteiger partial charge in [0.1, 0.15) is 0 Å². The topological polar surface area (TPSA) is 129 Å². The number of carboxylic acid groups (broad SMARTS) is 2. The standard InChI is InChI=1S/C18H18N4O2S.C2HF3O2/c23-18(24)16-17(21-22-20-16)25-14-6-3-11(4-7-14)12-5-8-15-13(10-12)2-1-9-19-15;3-2(4,5)1(6)7/h1-2,5,8-11,14H,3-4,6-7H2,(H,23,24)(H,20,21,22);(H,6,7)/t11-,14-;. The van der Waals surface area contributed by atoms with Gasteiger partial charge in [-0.3, -0.25) is 10.1 Å². The molecule has 170 valence electrons. The Hall–Kier alpha value is -3.15.